The largest absolute Gasteiger partial charge is 0.454 e. The number of fused-ring (bicyclic) bond motifs is 1. The van der Waals surface area contributed by atoms with Crippen LogP contribution in [0.2, 0.25) is 0 Å². The Kier molecular flexibility index (Phi) is 5.05. The van der Waals surface area contributed by atoms with Crippen LogP contribution in [0.5, 0.6) is 11.5 Å². The molecule has 4 nitrogen and oxygen atoms in total. The van der Waals surface area contributed by atoms with Crippen molar-refractivity contribution in [1.82, 2.24) is 4.90 Å². The summed E-state index contributed by atoms with van der Waals surface area (Å²) < 4.78 is 10.7. The van der Waals surface area contributed by atoms with Crippen LogP contribution in [0.25, 0.3) is 0 Å². The van der Waals surface area contributed by atoms with Gasteiger partial charge in [-0.25, -0.2) is 0 Å². The van der Waals surface area contributed by atoms with E-state index < -0.39 is 0 Å². The van der Waals surface area contributed by atoms with Crippen LogP contribution in [-0.4, -0.2) is 38.4 Å². The molecule has 0 bridgehead atoms. The van der Waals surface area contributed by atoms with Gasteiger partial charge in [0.1, 0.15) is 0 Å². The van der Waals surface area contributed by atoms with Gasteiger partial charge < -0.3 is 20.1 Å². The summed E-state index contributed by atoms with van der Waals surface area (Å²) in [6, 6.07) is 6.19. The van der Waals surface area contributed by atoms with Gasteiger partial charge in [0.15, 0.2) is 11.5 Å². The summed E-state index contributed by atoms with van der Waals surface area (Å²) >= 11 is 0. The van der Waals surface area contributed by atoms with Gasteiger partial charge in [0.25, 0.3) is 0 Å². The van der Waals surface area contributed by atoms with Crippen LogP contribution in [0.3, 0.4) is 0 Å². The normalized spacial score (nSPS) is 14.9. The Bertz CT molecular complexity index is 409. The average molecular weight is 264 g/mol. The lowest BCUT2D eigenvalue weighted by molar-refractivity contribution is 0.174. The minimum Gasteiger partial charge on any atom is -0.454 e. The summed E-state index contributed by atoms with van der Waals surface area (Å²) in [6.07, 6.45) is 2.12. The van der Waals surface area contributed by atoms with Crippen molar-refractivity contribution in [3.63, 3.8) is 0 Å². The van der Waals surface area contributed by atoms with Crippen molar-refractivity contribution < 1.29 is 9.47 Å². The maximum Gasteiger partial charge on any atom is 0.231 e. The third kappa shape index (κ3) is 4.11. The highest BCUT2D eigenvalue weighted by atomic mass is 16.7. The van der Waals surface area contributed by atoms with Gasteiger partial charge in [-0.2, -0.15) is 0 Å². The zero-order chi connectivity index (χ0) is 13.7. The number of nitrogens with zero attached hydrogens (tertiary/aromatic N) is 1. The van der Waals surface area contributed by atoms with E-state index in [9.17, 15) is 0 Å². The molecule has 1 unspecified atom stereocenters. The second-order valence-electron chi connectivity index (χ2n) is 5.38. The van der Waals surface area contributed by atoms with E-state index >= 15 is 0 Å². The number of rotatable bonds is 7. The highest BCUT2D eigenvalue weighted by Crippen LogP contribution is 2.32. The van der Waals surface area contributed by atoms with Crippen LogP contribution in [-0.2, 0) is 6.42 Å². The van der Waals surface area contributed by atoms with Gasteiger partial charge in [-0.3, -0.25) is 0 Å². The molecule has 1 atom stereocenters. The van der Waals surface area contributed by atoms with E-state index in [0.717, 1.165) is 44.0 Å². The zero-order valence-electron chi connectivity index (χ0n) is 11.9. The number of nitrogens with two attached hydrogens (primary N) is 1. The SMILES string of the molecule is CC(CCN)CN(C)CCc1ccc2c(c1)OCO2. The lowest BCUT2D eigenvalue weighted by Crippen LogP contribution is -2.27. The van der Waals surface area contributed by atoms with Crippen LogP contribution in [0, 0.1) is 5.92 Å². The molecule has 0 saturated heterocycles. The molecule has 1 aliphatic rings. The molecule has 0 aliphatic carbocycles. The average Bonchev–Trinajstić information content (AvgIpc) is 2.83. The standard InChI is InChI=1S/C15H24N2O2/c1-12(5-7-16)10-17(2)8-6-13-3-4-14-15(9-13)19-11-18-14/h3-4,9,12H,5-8,10-11,16H2,1-2H3. The van der Waals surface area contributed by atoms with Crippen molar-refractivity contribution in [1.29, 1.82) is 0 Å². The van der Waals surface area contributed by atoms with Crippen molar-refractivity contribution >= 4 is 0 Å². The smallest absolute Gasteiger partial charge is 0.231 e. The first-order valence-corrected chi connectivity index (χ1v) is 6.96. The highest BCUT2D eigenvalue weighted by Gasteiger charge is 2.13. The summed E-state index contributed by atoms with van der Waals surface area (Å²) in [5.74, 6) is 2.39. The Morgan fingerprint density at radius 2 is 2.11 bits per heavy atom. The molecule has 0 fully saturated rings. The molecule has 0 radical (unpaired) electrons. The first-order valence-electron chi connectivity index (χ1n) is 6.96. The molecule has 4 heteroatoms. The second kappa shape index (κ2) is 6.78. The first-order chi connectivity index (χ1) is 9.19. The molecule has 1 aliphatic heterocycles. The lowest BCUT2D eigenvalue weighted by Gasteiger charge is -2.20. The molecule has 1 aromatic rings. The predicted octanol–water partition coefficient (Wildman–Crippen LogP) is 1.87. The number of likely N-dealkylation sites (N-methyl/N-ethyl adjacent to an activating group) is 1. The van der Waals surface area contributed by atoms with E-state index in [0.29, 0.717) is 12.7 Å². The van der Waals surface area contributed by atoms with E-state index in [-0.39, 0.29) is 0 Å². The fourth-order valence-corrected chi connectivity index (χ4v) is 2.42. The Hall–Kier alpha value is -1.26. The van der Waals surface area contributed by atoms with Gasteiger partial charge in [-0.05, 0) is 50.0 Å². The Balaban J connectivity index is 1.78. The fraction of sp³-hybridized carbons (Fsp3) is 0.600. The van der Waals surface area contributed by atoms with Crippen LogP contribution < -0.4 is 15.2 Å². The van der Waals surface area contributed by atoms with Crippen molar-refractivity contribution in [2.45, 2.75) is 19.8 Å². The first kappa shape index (κ1) is 14.2. The third-order valence-electron chi connectivity index (χ3n) is 3.50. The number of hydrogen-bond donors (Lipinski definition) is 1. The Morgan fingerprint density at radius 1 is 1.32 bits per heavy atom. The van der Waals surface area contributed by atoms with Crippen molar-refractivity contribution in [2.75, 3.05) is 33.5 Å². The minimum atomic E-state index is 0.343. The minimum absolute atomic E-state index is 0.343. The van der Waals surface area contributed by atoms with E-state index in [1.54, 1.807) is 0 Å². The molecule has 0 aromatic heterocycles. The van der Waals surface area contributed by atoms with Gasteiger partial charge in [-0.1, -0.05) is 13.0 Å². The molecule has 1 aromatic carbocycles. The second-order valence-corrected chi connectivity index (χ2v) is 5.38. The molecule has 106 valence electrons. The molecular formula is C15H24N2O2. The van der Waals surface area contributed by atoms with Gasteiger partial charge in [0.05, 0.1) is 0 Å². The number of ether oxygens (including phenoxy) is 2. The Labute approximate surface area is 115 Å². The topological polar surface area (TPSA) is 47.7 Å². The Morgan fingerprint density at radius 3 is 2.89 bits per heavy atom. The van der Waals surface area contributed by atoms with E-state index in [4.69, 9.17) is 15.2 Å². The predicted molar refractivity (Wildman–Crippen MR) is 76.6 cm³/mol. The summed E-state index contributed by atoms with van der Waals surface area (Å²) in [5, 5.41) is 0. The lowest BCUT2D eigenvalue weighted by atomic mass is 10.1. The van der Waals surface area contributed by atoms with Crippen LogP contribution >= 0.6 is 0 Å². The maximum absolute atomic E-state index is 5.58. The molecule has 19 heavy (non-hydrogen) atoms. The van der Waals surface area contributed by atoms with Crippen molar-refractivity contribution in [3.8, 4) is 11.5 Å². The highest BCUT2D eigenvalue weighted by molar-refractivity contribution is 5.44. The molecule has 2 N–H and O–H groups in total. The summed E-state index contributed by atoms with van der Waals surface area (Å²) in [6.45, 7) is 5.52. The number of benzene rings is 1. The zero-order valence-corrected chi connectivity index (χ0v) is 11.9. The van der Waals surface area contributed by atoms with Crippen LogP contribution in [0.4, 0.5) is 0 Å². The molecular weight excluding hydrogens is 240 g/mol. The van der Waals surface area contributed by atoms with E-state index in [1.165, 1.54) is 5.56 Å². The van der Waals surface area contributed by atoms with Crippen molar-refractivity contribution in [2.24, 2.45) is 11.7 Å². The van der Waals surface area contributed by atoms with Gasteiger partial charge in [0, 0.05) is 13.1 Å². The fourth-order valence-electron chi connectivity index (χ4n) is 2.42. The molecule has 0 amide bonds. The number of hydrogen-bond acceptors (Lipinski definition) is 4. The van der Waals surface area contributed by atoms with E-state index in [1.807, 2.05) is 6.07 Å². The summed E-state index contributed by atoms with van der Waals surface area (Å²) in [4.78, 5) is 2.37. The molecule has 2 rings (SSSR count). The molecule has 1 heterocycles. The maximum atomic E-state index is 5.58. The summed E-state index contributed by atoms with van der Waals surface area (Å²) in [5.41, 5.74) is 6.87. The van der Waals surface area contributed by atoms with Gasteiger partial charge in [-0.15, -0.1) is 0 Å². The van der Waals surface area contributed by atoms with Crippen LogP contribution in [0.1, 0.15) is 18.9 Å². The monoisotopic (exact) mass is 264 g/mol. The van der Waals surface area contributed by atoms with Gasteiger partial charge in [0.2, 0.25) is 6.79 Å². The molecule has 0 spiro atoms. The van der Waals surface area contributed by atoms with Crippen molar-refractivity contribution in [3.05, 3.63) is 23.8 Å². The van der Waals surface area contributed by atoms with E-state index in [2.05, 4.69) is 31.0 Å². The summed E-state index contributed by atoms with van der Waals surface area (Å²) in [7, 11) is 2.17. The van der Waals surface area contributed by atoms with Gasteiger partial charge >= 0.3 is 0 Å². The van der Waals surface area contributed by atoms with Crippen LogP contribution in [0.15, 0.2) is 18.2 Å². The molecule has 0 saturated carbocycles. The third-order valence-corrected chi connectivity index (χ3v) is 3.50. The quantitative estimate of drug-likeness (QED) is 0.817.